The van der Waals surface area contributed by atoms with Crippen LogP contribution >= 0.6 is 11.3 Å². The number of aromatic nitrogens is 1. The number of rotatable bonds is 7. The van der Waals surface area contributed by atoms with Crippen LogP contribution in [0.2, 0.25) is 0 Å². The molecule has 2 heterocycles. The highest BCUT2D eigenvalue weighted by Gasteiger charge is 2.40. The van der Waals surface area contributed by atoms with Gasteiger partial charge in [-0.25, -0.2) is 14.6 Å². The van der Waals surface area contributed by atoms with Crippen LogP contribution in [0.25, 0.3) is 0 Å². The Bertz CT molecular complexity index is 1270. The van der Waals surface area contributed by atoms with Gasteiger partial charge in [0.1, 0.15) is 22.6 Å². The van der Waals surface area contributed by atoms with E-state index in [2.05, 4.69) is 15.6 Å². The van der Waals surface area contributed by atoms with E-state index in [-0.39, 0.29) is 17.7 Å². The predicted molar refractivity (Wildman–Crippen MR) is 121 cm³/mol. The highest BCUT2D eigenvalue weighted by molar-refractivity contribution is 7.13. The number of carbonyl (C=O) groups excluding carboxylic acids is 1. The maximum absolute atomic E-state index is 12.8. The number of aromatic carboxylic acids is 2. The van der Waals surface area contributed by atoms with Crippen molar-refractivity contribution >= 4 is 41.4 Å². The molecule has 13 heteroatoms. The van der Waals surface area contributed by atoms with Crippen molar-refractivity contribution in [3.63, 3.8) is 0 Å². The Hall–Kier alpha value is -4.10. The molecule has 1 aromatic heterocycles. The molecule has 3 aromatic rings. The molecular formula is C21H18BN3O8S. The summed E-state index contributed by atoms with van der Waals surface area (Å²) in [5.74, 6) is -5.67. The average Bonchev–Trinajstić information content (AvgIpc) is 3.32. The Morgan fingerprint density at radius 3 is 2.62 bits per heavy atom. The van der Waals surface area contributed by atoms with Gasteiger partial charge in [-0.2, -0.15) is 0 Å². The summed E-state index contributed by atoms with van der Waals surface area (Å²) < 4.78 is 5.28. The third-order valence-corrected chi connectivity index (χ3v) is 5.93. The van der Waals surface area contributed by atoms with E-state index in [1.165, 1.54) is 11.3 Å². The minimum absolute atomic E-state index is 0.130. The fourth-order valence-electron chi connectivity index (χ4n) is 3.57. The summed E-state index contributed by atoms with van der Waals surface area (Å²) in [6.07, 6.45) is 1.42. The maximum Gasteiger partial charge on any atom is 0.547 e. The number of fused-ring (bicyclic) bond motifs is 1. The lowest BCUT2D eigenvalue weighted by molar-refractivity contribution is 0.0692. The molecule has 0 radical (unpaired) electrons. The number of aromatic hydroxyl groups is 1. The number of nitrogens with zero attached hydrogens (tertiary/aromatic N) is 1. The molecule has 34 heavy (non-hydrogen) atoms. The lowest BCUT2D eigenvalue weighted by Crippen LogP contribution is -2.53. The molecule has 0 bridgehead atoms. The minimum atomic E-state index is -1.63. The van der Waals surface area contributed by atoms with Crippen LogP contribution in [-0.4, -0.2) is 56.2 Å². The highest BCUT2D eigenvalue weighted by atomic mass is 32.1. The first-order chi connectivity index (χ1) is 16.2. The molecule has 0 saturated carbocycles. The van der Waals surface area contributed by atoms with E-state index in [0.29, 0.717) is 12.1 Å². The molecule has 1 aliphatic rings. The molecule has 0 spiro atoms. The van der Waals surface area contributed by atoms with Crippen LogP contribution in [0.4, 0.5) is 5.13 Å². The molecule has 174 valence electrons. The first-order valence-electron chi connectivity index (χ1n) is 9.98. The number of thiazole rings is 1. The van der Waals surface area contributed by atoms with Gasteiger partial charge in [-0.1, -0.05) is 12.1 Å². The third kappa shape index (κ3) is 4.65. The van der Waals surface area contributed by atoms with Crippen LogP contribution in [0.5, 0.6) is 11.5 Å². The first kappa shape index (κ1) is 23.1. The molecule has 6 N–H and O–H groups in total. The van der Waals surface area contributed by atoms with Gasteiger partial charge in [0, 0.05) is 29.2 Å². The van der Waals surface area contributed by atoms with Crippen molar-refractivity contribution < 1.29 is 39.4 Å². The largest absolute Gasteiger partial charge is 0.547 e. The van der Waals surface area contributed by atoms with Crippen LogP contribution in [0.1, 0.15) is 42.2 Å². The molecule has 1 atom stereocenters. The fourth-order valence-corrected chi connectivity index (χ4v) is 4.09. The predicted octanol–water partition coefficient (Wildman–Crippen LogP) is 1.61. The van der Waals surface area contributed by atoms with E-state index >= 15 is 0 Å². The molecule has 1 aliphatic heterocycles. The second-order valence-corrected chi connectivity index (χ2v) is 8.32. The number of anilines is 1. The van der Waals surface area contributed by atoms with Crippen molar-refractivity contribution in [2.75, 3.05) is 5.32 Å². The zero-order chi connectivity index (χ0) is 24.4. The molecule has 1 amide bonds. The molecule has 11 nitrogen and oxygen atoms in total. The third-order valence-electron chi connectivity index (χ3n) is 5.20. The van der Waals surface area contributed by atoms with Crippen LogP contribution in [-0.2, 0) is 13.0 Å². The standard InChI is InChI=1S/C21H18BN3O8S/c26-16-12-8-15(22(32)33-17(12)14(20(30)31)7-13(16)19(28)29)25-18(27)11-3-1-2-10(6-11)9-24-21-23-4-5-34-21/h1-7,15,26,32H,8-9H2,(H,23,24)(H,25,27)(H,28,29)(H,30,31)/t15-/m0/s1. The lowest BCUT2D eigenvalue weighted by atomic mass is 9.71. The summed E-state index contributed by atoms with van der Waals surface area (Å²) in [7, 11) is -1.63. The number of nitrogens with one attached hydrogen (secondary N) is 2. The zero-order valence-corrected chi connectivity index (χ0v) is 18.2. The number of hydrogen-bond donors (Lipinski definition) is 6. The molecule has 0 aliphatic carbocycles. The highest BCUT2D eigenvalue weighted by Crippen LogP contribution is 2.39. The molecule has 0 fully saturated rings. The topological polar surface area (TPSA) is 178 Å². The monoisotopic (exact) mass is 483 g/mol. The van der Waals surface area contributed by atoms with Crippen molar-refractivity contribution in [1.29, 1.82) is 0 Å². The minimum Gasteiger partial charge on any atom is -0.534 e. The van der Waals surface area contributed by atoms with Crippen LogP contribution in [0.15, 0.2) is 41.9 Å². The second-order valence-electron chi connectivity index (χ2n) is 7.42. The van der Waals surface area contributed by atoms with Gasteiger partial charge < -0.3 is 35.6 Å². The van der Waals surface area contributed by atoms with E-state index in [0.717, 1.165) is 16.8 Å². The number of phenols is 1. The SMILES string of the molecule is O=C(N[C@H]1Cc2c(O)c(C(=O)O)cc(C(=O)O)c2OB1O)c1cccc(CNc2nccs2)c1. The number of carboxylic acids is 2. The van der Waals surface area contributed by atoms with Gasteiger partial charge in [-0.15, -0.1) is 11.3 Å². The number of amides is 1. The Balaban J connectivity index is 1.54. The fraction of sp³-hybridized carbons (Fsp3) is 0.143. The van der Waals surface area contributed by atoms with Crippen molar-refractivity contribution in [3.05, 3.63) is 69.7 Å². The number of carbonyl (C=O) groups is 3. The number of benzene rings is 2. The molecule has 0 saturated heterocycles. The van der Waals surface area contributed by atoms with E-state index < -0.39 is 47.8 Å². The van der Waals surface area contributed by atoms with Gasteiger partial charge in [-0.05, 0) is 30.2 Å². The zero-order valence-electron chi connectivity index (χ0n) is 17.4. The number of carboxylic acid groups (broad SMARTS) is 2. The summed E-state index contributed by atoms with van der Waals surface area (Å²) in [4.78, 5) is 39.9. The van der Waals surface area contributed by atoms with Crippen LogP contribution in [0, 0.1) is 0 Å². The van der Waals surface area contributed by atoms with Gasteiger partial charge in [0.2, 0.25) is 0 Å². The van der Waals surface area contributed by atoms with Gasteiger partial charge in [0.15, 0.2) is 5.13 Å². The van der Waals surface area contributed by atoms with Crippen molar-refractivity contribution in [2.45, 2.75) is 18.9 Å². The molecular weight excluding hydrogens is 465 g/mol. The summed E-state index contributed by atoms with van der Waals surface area (Å²) >= 11 is 1.44. The summed E-state index contributed by atoms with van der Waals surface area (Å²) in [5.41, 5.74) is -0.167. The first-order valence-corrected chi connectivity index (χ1v) is 10.9. The normalized spacial score (nSPS) is 14.6. The van der Waals surface area contributed by atoms with Crippen LogP contribution < -0.4 is 15.3 Å². The maximum atomic E-state index is 12.8. The van der Waals surface area contributed by atoms with Gasteiger partial charge in [0.25, 0.3) is 5.91 Å². The van der Waals surface area contributed by atoms with Gasteiger partial charge in [0.05, 0.1) is 5.94 Å². The molecule has 0 unspecified atom stereocenters. The Kier molecular flexibility index (Phi) is 6.39. The van der Waals surface area contributed by atoms with E-state index in [1.54, 1.807) is 24.4 Å². The quantitative estimate of drug-likeness (QED) is 0.271. The Morgan fingerprint density at radius 1 is 1.18 bits per heavy atom. The van der Waals surface area contributed by atoms with E-state index in [9.17, 15) is 34.7 Å². The van der Waals surface area contributed by atoms with Gasteiger partial charge >= 0.3 is 19.1 Å². The Labute approximate surface area is 196 Å². The van der Waals surface area contributed by atoms with E-state index in [1.807, 2.05) is 11.4 Å². The lowest BCUT2D eigenvalue weighted by Gasteiger charge is -2.30. The van der Waals surface area contributed by atoms with E-state index in [4.69, 9.17) is 4.65 Å². The average molecular weight is 483 g/mol. The van der Waals surface area contributed by atoms with Crippen molar-refractivity contribution in [3.8, 4) is 11.5 Å². The van der Waals surface area contributed by atoms with Crippen molar-refractivity contribution in [2.24, 2.45) is 0 Å². The summed E-state index contributed by atoms with van der Waals surface area (Å²) in [5, 5.41) is 47.8. The summed E-state index contributed by atoms with van der Waals surface area (Å²) in [6, 6.07) is 7.51. The smallest absolute Gasteiger partial charge is 0.534 e. The Morgan fingerprint density at radius 2 is 1.94 bits per heavy atom. The van der Waals surface area contributed by atoms with Crippen molar-refractivity contribution in [1.82, 2.24) is 10.3 Å². The molecule has 4 rings (SSSR count). The second kappa shape index (κ2) is 9.41. The van der Waals surface area contributed by atoms with Gasteiger partial charge in [-0.3, -0.25) is 4.79 Å². The van der Waals surface area contributed by atoms with Crippen LogP contribution in [0.3, 0.4) is 0 Å². The number of hydrogen-bond acceptors (Lipinski definition) is 9. The summed E-state index contributed by atoms with van der Waals surface area (Å²) in [6.45, 7) is 0.432. The molecule has 2 aromatic carbocycles.